The molecule has 0 aromatic heterocycles. The standard InChI is InChI=1S/C37H56O5S/c1-6-7-8-9-10-11-12-13-14-15-16-17-18-19-20-21-28-43-31-25-22-30(23-26-31)24-27-32(38)35-33(39-2)29-34(40-3)36(41-4)37(35)42-5/h22-27,29H,6-21,28H2,1-5H3/b27-24+. The topological polar surface area (TPSA) is 54.0 Å². The van der Waals surface area contributed by atoms with Crippen LogP contribution in [0.25, 0.3) is 6.08 Å². The van der Waals surface area contributed by atoms with Gasteiger partial charge in [0.2, 0.25) is 5.75 Å². The van der Waals surface area contributed by atoms with Crippen molar-refractivity contribution >= 4 is 23.6 Å². The third-order valence-electron chi connectivity index (χ3n) is 7.83. The third-order valence-corrected chi connectivity index (χ3v) is 8.93. The van der Waals surface area contributed by atoms with Gasteiger partial charge >= 0.3 is 0 Å². The normalized spacial score (nSPS) is 11.2. The van der Waals surface area contributed by atoms with Gasteiger partial charge in [0.1, 0.15) is 11.3 Å². The first-order valence-electron chi connectivity index (χ1n) is 16.4. The van der Waals surface area contributed by atoms with Gasteiger partial charge in [0.05, 0.1) is 28.4 Å². The van der Waals surface area contributed by atoms with Gasteiger partial charge in [0, 0.05) is 11.0 Å². The minimum atomic E-state index is -0.239. The third kappa shape index (κ3) is 13.7. The fraction of sp³-hybridized carbons (Fsp3) is 0.595. The molecule has 2 rings (SSSR count). The second-order valence-electron chi connectivity index (χ2n) is 11.1. The summed E-state index contributed by atoms with van der Waals surface area (Å²) >= 11 is 1.90. The molecule has 6 heteroatoms. The maximum Gasteiger partial charge on any atom is 0.204 e. The zero-order valence-electron chi connectivity index (χ0n) is 27.5. The number of thioether (sulfide) groups is 1. The van der Waals surface area contributed by atoms with Crippen molar-refractivity contribution in [3.8, 4) is 23.0 Å². The van der Waals surface area contributed by atoms with Gasteiger partial charge in [-0.3, -0.25) is 4.79 Å². The highest BCUT2D eigenvalue weighted by atomic mass is 32.2. The SMILES string of the molecule is CCCCCCCCCCCCCCCCCCSc1ccc(/C=C/C(=O)c2c(OC)cc(OC)c(OC)c2OC)cc1. The summed E-state index contributed by atoms with van der Waals surface area (Å²) in [5.74, 6) is 2.35. The van der Waals surface area contributed by atoms with E-state index in [0.717, 1.165) is 11.3 Å². The Labute approximate surface area is 266 Å². The molecule has 0 saturated carbocycles. The van der Waals surface area contributed by atoms with Gasteiger partial charge < -0.3 is 18.9 Å². The summed E-state index contributed by atoms with van der Waals surface area (Å²) in [5, 5.41) is 0. The molecule has 0 spiro atoms. The van der Waals surface area contributed by atoms with Crippen molar-refractivity contribution in [2.75, 3.05) is 34.2 Å². The number of benzene rings is 2. The number of methoxy groups -OCH3 is 4. The number of ketones is 1. The van der Waals surface area contributed by atoms with Crippen LogP contribution in [-0.4, -0.2) is 40.0 Å². The molecule has 5 nitrogen and oxygen atoms in total. The average Bonchev–Trinajstić information content (AvgIpc) is 3.04. The molecule has 0 N–H and O–H groups in total. The van der Waals surface area contributed by atoms with E-state index in [1.807, 2.05) is 30.0 Å². The monoisotopic (exact) mass is 612 g/mol. The second kappa shape index (κ2) is 22.9. The van der Waals surface area contributed by atoms with Crippen LogP contribution in [0.15, 0.2) is 41.3 Å². The van der Waals surface area contributed by atoms with Gasteiger partial charge in [-0.25, -0.2) is 0 Å². The van der Waals surface area contributed by atoms with Crippen LogP contribution < -0.4 is 18.9 Å². The van der Waals surface area contributed by atoms with Crippen molar-refractivity contribution in [2.24, 2.45) is 0 Å². The van der Waals surface area contributed by atoms with Crippen molar-refractivity contribution in [1.82, 2.24) is 0 Å². The van der Waals surface area contributed by atoms with Crippen LogP contribution in [0, 0.1) is 0 Å². The molecular weight excluding hydrogens is 556 g/mol. The average molecular weight is 613 g/mol. The Morgan fingerprint density at radius 3 is 1.58 bits per heavy atom. The lowest BCUT2D eigenvalue weighted by Gasteiger charge is -2.17. The highest BCUT2D eigenvalue weighted by molar-refractivity contribution is 7.99. The van der Waals surface area contributed by atoms with Crippen LogP contribution >= 0.6 is 11.8 Å². The van der Waals surface area contributed by atoms with E-state index < -0.39 is 0 Å². The number of unbranched alkanes of at least 4 members (excludes halogenated alkanes) is 15. The Bertz CT molecular complexity index is 1060. The molecular formula is C37H56O5S. The van der Waals surface area contributed by atoms with E-state index in [1.54, 1.807) is 6.07 Å². The highest BCUT2D eigenvalue weighted by Crippen LogP contribution is 2.45. The first kappa shape index (κ1) is 36.6. The van der Waals surface area contributed by atoms with Crippen molar-refractivity contribution in [3.63, 3.8) is 0 Å². The number of rotatable bonds is 25. The summed E-state index contributed by atoms with van der Waals surface area (Å²) in [6.07, 6.45) is 25.7. The Kier molecular flexibility index (Phi) is 19.5. The molecule has 0 atom stereocenters. The van der Waals surface area contributed by atoms with E-state index in [1.165, 1.54) is 142 Å². The van der Waals surface area contributed by atoms with Gasteiger partial charge in [0.25, 0.3) is 0 Å². The zero-order chi connectivity index (χ0) is 31.1. The maximum atomic E-state index is 13.1. The van der Waals surface area contributed by atoms with Crippen LogP contribution in [0.2, 0.25) is 0 Å². The van der Waals surface area contributed by atoms with Crippen LogP contribution in [0.4, 0.5) is 0 Å². The molecule has 0 saturated heterocycles. The van der Waals surface area contributed by atoms with Gasteiger partial charge in [0.15, 0.2) is 17.3 Å². The molecule has 0 unspecified atom stereocenters. The molecule has 2 aromatic rings. The smallest absolute Gasteiger partial charge is 0.204 e. The molecule has 43 heavy (non-hydrogen) atoms. The summed E-state index contributed by atoms with van der Waals surface area (Å²) < 4.78 is 21.8. The molecule has 0 aliphatic heterocycles. The Morgan fingerprint density at radius 1 is 0.628 bits per heavy atom. The summed E-state index contributed by atoms with van der Waals surface area (Å²) in [7, 11) is 6.04. The van der Waals surface area contributed by atoms with Crippen LogP contribution in [0.3, 0.4) is 0 Å². The van der Waals surface area contributed by atoms with Crippen molar-refractivity contribution < 1.29 is 23.7 Å². The van der Waals surface area contributed by atoms with Crippen LogP contribution in [0.5, 0.6) is 23.0 Å². The second-order valence-corrected chi connectivity index (χ2v) is 12.3. The van der Waals surface area contributed by atoms with E-state index >= 15 is 0 Å². The lowest BCUT2D eigenvalue weighted by molar-refractivity contribution is 0.104. The number of carbonyl (C=O) groups is 1. The van der Waals surface area contributed by atoms with Crippen molar-refractivity contribution in [1.29, 1.82) is 0 Å². The van der Waals surface area contributed by atoms with Crippen LogP contribution in [-0.2, 0) is 0 Å². The molecule has 0 amide bonds. The van der Waals surface area contributed by atoms with Crippen molar-refractivity contribution in [3.05, 3.63) is 47.5 Å². The predicted octanol–water partition coefficient (Wildman–Crippen LogP) is 11.0. The largest absolute Gasteiger partial charge is 0.496 e. The Balaban J connectivity index is 1.63. The van der Waals surface area contributed by atoms with E-state index in [2.05, 4.69) is 19.1 Å². The van der Waals surface area contributed by atoms with Crippen LogP contribution in [0.1, 0.15) is 126 Å². The maximum absolute atomic E-state index is 13.1. The first-order valence-corrected chi connectivity index (χ1v) is 17.4. The highest BCUT2D eigenvalue weighted by Gasteiger charge is 2.25. The van der Waals surface area contributed by atoms with E-state index in [0.29, 0.717) is 22.8 Å². The molecule has 0 radical (unpaired) electrons. The predicted molar refractivity (Wildman–Crippen MR) is 183 cm³/mol. The summed E-state index contributed by atoms with van der Waals surface area (Å²) in [5.41, 5.74) is 1.25. The zero-order valence-corrected chi connectivity index (χ0v) is 28.3. The van der Waals surface area contributed by atoms with E-state index in [4.69, 9.17) is 18.9 Å². The number of carbonyl (C=O) groups excluding carboxylic acids is 1. The minimum Gasteiger partial charge on any atom is -0.496 e. The van der Waals surface area contributed by atoms with E-state index in [9.17, 15) is 4.79 Å². The van der Waals surface area contributed by atoms with Gasteiger partial charge in [-0.05, 0) is 35.9 Å². The quantitative estimate of drug-likeness (QED) is 0.0481. The molecule has 0 aliphatic rings. The molecule has 2 aromatic carbocycles. The van der Waals surface area contributed by atoms with Gasteiger partial charge in [-0.2, -0.15) is 0 Å². The number of hydrogen-bond donors (Lipinski definition) is 0. The molecule has 0 fully saturated rings. The van der Waals surface area contributed by atoms with Gasteiger partial charge in [-0.15, -0.1) is 11.8 Å². The number of allylic oxidation sites excluding steroid dienone is 1. The number of hydrogen-bond acceptors (Lipinski definition) is 6. The Hall–Kier alpha value is -2.60. The summed E-state index contributed by atoms with van der Waals surface area (Å²) in [6, 6.07) is 9.97. The Morgan fingerprint density at radius 2 is 1.12 bits per heavy atom. The fourth-order valence-electron chi connectivity index (χ4n) is 5.30. The lowest BCUT2D eigenvalue weighted by Crippen LogP contribution is -2.06. The minimum absolute atomic E-state index is 0.239. The lowest BCUT2D eigenvalue weighted by atomic mass is 10.0. The molecule has 0 heterocycles. The van der Waals surface area contributed by atoms with Gasteiger partial charge in [-0.1, -0.05) is 121 Å². The fourth-order valence-corrected chi connectivity index (χ4v) is 6.21. The van der Waals surface area contributed by atoms with Crippen molar-refractivity contribution in [2.45, 2.75) is 115 Å². The number of ether oxygens (including phenoxy) is 4. The molecule has 240 valence electrons. The molecule has 0 bridgehead atoms. The summed E-state index contributed by atoms with van der Waals surface area (Å²) in [6.45, 7) is 2.29. The first-order chi connectivity index (χ1) is 21.1. The molecule has 0 aliphatic carbocycles. The summed E-state index contributed by atoms with van der Waals surface area (Å²) in [4.78, 5) is 14.4. The van der Waals surface area contributed by atoms with E-state index in [-0.39, 0.29) is 11.5 Å².